The minimum Gasteiger partial charge on any atom is -0.326 e. The zero-order valence-electron chi connectivity index (χ0n) is 16.4. The van der Waals surface area contributed by atoms with Crippen molar-refractivity contribution in [3.63, 3.8) is 0 Å². The van der Waals surface area contributed by atoms with Gasteiger partial charge in [-0.2, -0.15) is 0 Å². The smallest absolute Gasteiger partial charge is 0.261 e. The molecule has 1 atom stereocenters. The normalized spacial score (nSPS) is 12.2. The molecule has 0 heterocycles. The lowest BCUT2D eigenvalue weighted by Crippen LogP contribution is -2.15. The zero-order valence-corrected chi connectivity index (χ0v) is 17.2. The molecule has 0 saturated heterocycles. The predicted molar refractivity (Wildman–Crippen MR) is 117 cm³/mol. The summed E-state index contributed by atoms with van der Waals surface area (Å²) in [6, 6.07) is 23.1. The van der Waals surface area contributed by atoms with Gasteiger partial charge in [0.05, 0.1) is 4.90 Å². The Morgan fingerprint density at radius 3 is 2.07 bits per heavy atom. The van der Waals surface area contributed by atoms with Crippen LogP contribution >= 0.6 is 0 Å². The summed E-state index contributed by atoms with van der Waals surface area (Å²) in [5.74, 6) is 0.0196. The molecule has 0 spiro atoms. The highest BCUT2D eigenvalue weighted by atomic mass is 32.2. The van der Waals surface area contributed by atoms with E-state index >= 15 is 0 Å². The van der Waals surface area contributed by atoms with Gasteiger partial charge >= 0.3 is 0 Å². The summed E-state index contributed by atoms with van der Waals surface area (Å²) in [4.78, 5) is 12.5. The second kappa shape index (κ2) is 8.92. The van der Waals surface area contributed by atoms with Crippen molar-refractivity contribution >= 4 is 27.3 Å². The topological polar surface area (TPSA) is 75.3 Å². The van der Waals surface area contributed by atoms with E-state index in [4.69, 9.17) is 0 Å². The molecule has 0 aliphatic heterocycles. The third kappa shape index (κ3) is 5.68. The maximum Gasteiger partial charge on any atom is 0.261 e. The first-order valence-corrected chi connectivity index (χ1v) is 10.9. The van der Waals surface area contributed by atoms with Crippen LogP contribution in [0.3, 0.4) is 0 Å². The van der Waals surface area contributed by atoms with Crippen molar-refractivity contribution in [1.29, 1.82) is 0 Å². The average Bonchev–Trinajstić information content (AvgIpc) is 2.70. The molecule has 5 nitrogen and oxygen atoms in total. The third-order valence-electron chi connectivity index (χ3n) is 4.61. The molecule has 0 saturated carbocycles. The fraction of sp³-hybridized carbons (Fsp3) is 0.174. The van der Waals surface area contributed by atoms with Gasteiger partial charge in [0, 0.05) is 17.8 Å². The van der Waals surface area contributed by atoms with Crippen LogP contribution in [0, 0.1) is 6.92 Å². The molecule has 3 aromatic rings. The van der Waals surface area contributed by atoms with Gasteiger partial charge in [0.25, 0.3) is 10.0 Å². The number of amides is 1. The van der Waals surface area contributed by atoms with Gasteiger partial charge in [-0.3, -0.25) is 9.52 Å². The van der Waals surface area contributed by atoms with Crippen LogP contribution in [0.25, 0.3) is 0 Å². The van der Waals surface area contributed by atoms with Crippen LogP contribution in [0.2, 0.25) is 0 Å². The molecule has 29 heavy (non-hydrogen) atoms. The minimum absolute atomic E-state index is 0.0886. The number of benzene rings is 3. The SMILES string of the molecule is Cc1ccc(S(=O)(=O)Nc2ccc(NC(=O)CC(C)c3ccccc3)cc2)cc1. The fourth-order valence-corrected chi connectivity index (χ4v) is 4.00. The quantitative estimate of drug-likeness (QED) is 0.582. The number of anilines is 2. The van der Waals surface area contributed by atoms with Crippen LogP contribution < -0.4 is 10.0 Å². The zero-order chi connectivity index (χ0) is 20.9. The van der Waals surface area contributed by atoms with Gasteiger partial charge in [-0.15, -0.1) is 0 Å². The summed E-state index contributed by atoms with van der Waals surface area (Å²) in [5.41, 5.74) is 3.16. The average molecular weight is 409 g/mol. The monoisotopic (exact) mass is 408 g/mol. The van der Waals surface area contributed by atoms with Crippen LogP contribution in [-0.4, -0.2) is 14.3 Å². The first kappa shape index (κ1) is 20.6. The summed E-state index contributed by atoms with van der Waals surface area (Å²) in [7, 11) is -3.65. The predicted octanol–water partition coefficient (Wildman–Crippen LogP) is 4.93. The maximum atomic E-state index is 12.5. The van der Waals surface area contributed by atoms with E-state index in [-0.39, 0.29) is 16.7 Å². The Balaban J connectivity index is 1.60. The molecule has 2 N–H and O–H groups in total. The molecule has 0 aliphatic carbocycles. The van der Waals surface area contributed by atoms with Crippen LogP contribution in [0.15, 0.2) is 83.8 Å². The molecule has 0 radical (unpaired) electrons. The van der Waals surface area contributed by atoms with Crippen molar-refractivity contribution in [3.05, 3.63) is 90.0 Å². The Morgan fingerprint density at radius 2 is 1.45 bits per heavy atom. The van der Waals surface area contributed by atoms with Crippen LogP contribution in [0.5, 0.6) is 0 Å². The number of carbonyl (C=O) groups is 1. The second-order valence-corrected chi connectivity index (χ2v) is 8.74. The number of aryl methyl sites for hydroxylation is 1. The number of nitrogens with one attached hydrogen (secondary N) is 2. The van der Waals surface area contributed by atoms with Crippen molar-refractivity contribution in [3.8, 4) is 0 Å². The number of hydrogen-bond acceptors (Lipinski definition) is 3. The van der Waals surface area contributed by atoms with E-state index in [9.17, 15) is 13.2 Å². The van der Waals surface area contributed by atoms with Crippen LogP contribution in [-0.2, 0) is 14.8 Å². The van der Waals surface area contributed by atoms with Gasteiger partial charge in [-0.1, -0.05) is 55.0 Å². The van der Waals surface area contributed by atoms with Gasteiger partial charge in [0.15, 0.2) is 0 Å². The maximum absolute atomic E-state index is 12.5. The lowest BCUT2D eigenvalue weighted by Gasteiger charge is -2.13. The first-order valence-electron chi connectivity index (χ1n) is 9.38. The Kier molecular flexibility index (Phi) is 6.34. The highest BCUT2D eigenvalue weighted by Crippen LogP contribution is 2.21. The molecule has 150 valence electrons. The van der Waals surface area contributed by atoms with Gasteiger partial charge in [-0.25, -0.2) is 8.42 Å². The second-order valence-electron chi connectivity index (χ2n) is 7.06. The Morgan fingerprint density at radius 1 is 0.862 bits per heavy atom. The van der Waals surface area contributed by atoms with E-state index < -0.39 is 10.0 Å². The summed E-state index contributed by atoms with van der Waals surface area (Å²) >= 11 is 0. The summed E-state index contributed by atoms with van der Waals surface area (Å²) < 4.78 is 27.4. The van der Waals surface area contributed by atoms with E-state index in [1.54, 1.807) is 48.5 Å². The van der Waals surface area contributed by atoms with Crippen molar-refractivity contribution in [2.45, 2.75) is 31.1 Å². The van der Waals surface area contributed by atoms with E-state index in [1.807, 2.05) is 44.2 Å². The van der Waals surface area contributed by atoms with Crippen LogP contribution in [0.1, 0.15) is 30.4 Å². The van der Waals surface area contributed by atoms with Crippen molar-refractivity contribution in [2.24, 2.45) is 0 Å². The van der Waals surface area contributed by atoms with Crippen molar-refractivity contribution < 1.29 is 13.2 Å². The lowest BCUT2D eigenvalue weighted by atomic mass is 9.97. The lowest BCUT2D eigenvalue weighted by molar-refractivity contribution is -0.116. The van der Waals surface area contributed by atoms with Gasteiger partial charge in [-0.05, 0) is 54.8 Å². The summed E-state index contributed by atoms with van der Waals surface area (Å²) in [5, 5.41) is 2.85. The molecule has 6 heteroatoms. The molecule has 0 aromatic heterocycles. The molecule has 1 unspecified atom stereocenters. The summed E-state index contributed by atoms with van der Waals surface area (Å²) in [6.07, 6.45) is 0.367. The van der Waals surface area contributed by atoms with E-state index in [1.165, 1.54) is 0 Å². The number of carbonyl (C=O) groups excluding carboxylic acids is 1. The number of rotatable bonds is 7. The van der Waals surface area contributed by atoms with Gasteiger partial charge in [0.1, 0.15) is 0 Å². The highest BCUT2D eigenvalue weighted by Gasteiger charge is 2.14. The third-order valence-corrected chi connectivity index (χ3v) is 6.01. The molecule has 0 fully saturated rings. The molecule has 1 amide bonds. The first-order chi connectivity index (χ1) is 13.8. The van der Waals surface area contributed by atoms with Gasteiger partial charge < -0.3 is 5.32 Å². The fourth-order valence-electron chi connectivity index (χ4n) is 2.94. The van der Waals surface area contributed by atoms with Gasteiger partial charge in [0.2, 0.25) is 5.91 Å². The standard InChI is InChI=1S/C23H24N2O3S/c1-17-8-14-22(15-9-17)29(27,28)25-21-12-10-20(11-13-21)24-23(26)16-18(2)19-6-4-3-5-7-19/h3-15,18,25H,16H2,1-2H3,(H,24,26). The minimum atomic E-state index is -3.65. The Hall–Kier alpha value is -3.12. The Bertz CT molecular complexity index is 1060. The number of sulfonamides is 1. The van der Waals surface area contributed by atoms with Crippen LogP contribution in [0.4, 0.5) is 11.4 Å². The largest absolute Gasteiger partial charge is 0.326 e. The molecule has 0 bridgehead atoms. The molecular formula is C23H24N2O3S. The molecule has 3 rings (SSSR count). The van der Waals surface area contributed by atoms with E-state index in [2.05, 4.69) is 10.0 Å². The summed E-state index contributed by atoms with van der Waals surface area (Å²) in [6.45, 7) is 3.91. The van der Waals surface area contributed by atoms with E-state index in [0.717, 1.165) is 11.1 Å². The molecular weight excluding hydrogens is 384 g/mol. The van der Waals surface area contributed by atoms with E-state index in [0.29, 0.717) is 17.8 Å². The van der Waals surface area contributed by atoms with Crippen molar-refractivity contribution in [2.75, 3.05) is 10.0 Å². The van der Waals surface area contributed by atoms with Crippen molar-refractivity contribution in [1.82, 2.24) is 0 Å². The molecule has 0 aliphatic rings. The highest BCUT2D eigenvalue weighted by molar-refractivity contribution is 7.92. The molecule has 3 aromatic carbocycles. The Labute approximate surface area is 171 Å². The number of hydrogen-bond donors (Lipinski definition) is 2.